The van der Waals surface area contributed by atoms with E-state index in [1.54, 1.807) is 0 Å². The molecular formula is C19H21N3O3. The van der Waals surface area contributed by atoms with E-state index in [0.717, 1.165) is 12.1 Å². The van der Waals surface area contributed by atoms with Gasteiger partial charge in [-0.15, -0.1) is 5.10 Å². The van der Waals surface area contributed by atoms with Crippen molar-refractivity contribution in [3.63, 3.8) is 0 Å². The smallest absolute Gasteiger partial charge is 0.252 e. The second kappa shape index (κ2) is 6.80. The van der Waals surface area contributed by atoms with Gasteiger partial charge in [-0.1, -0.05) is 24.3 Å². The summed E-state index contributed by atoms with van der Waals surface area (Å²) in [5, 5.41) is 8.02. The monoisotopic (exact) mass is 339 g/mol. The van der Waals surface area contributed by atoms with E-state index in [4.69, 9.17) is 9.47 Å². The Morgan fingerprint density at radius 1 is 1.20 bits per heavy atom. The maximum absolute atomic E-state index is 12.8. The summed E-state index contributed by atoms with van der Waals surface area (Å²) in [5.74, 6) is 0.559. The summed E-state index contributed by atoms with van der Waals surface area (Å²) in [6.45, 7) is 3.63. The van der Waals surface area contributed by atoms with Crippen LogP contribution in [0.25, 0.3) is 0 Å². The van der Waals surface area contributed by atoms with Crippen LogP contribution in [0.5, 0.6) is 5.88 Å². The van der Waals surface area contributed by atoms with Gasteiger partial charge in [-0.2, -0.15) is 5.10 Å². The number of likely N-dealkylation sites (tertiary alicyclic amines) is 1. The number of rotatable bonds is 3. The molecule has 0 radical (unpaired) electrons. The molecule has 0 bridgehead atoms. The number of aromatic nitrogens is 2. The number of carbonyl (C=O) groups is 1. The van der Waals surface area contributed by atoms with Crippen molar-refractivity contribution in [2.75, 3.05) is 13.1 Å². The number of amides is 1. The number of aryl methyl sites for hydroxylation is 1. The zero-order valence-electron chi connectivity index (χ0n) is 14.2. The minimum atomic E-state index is -0.396. The highest BCUT2D eigenvalue weighted by Crippen LogP contribution is 2.23. The van der Waals surface area contributed by atoms with Gasteiger partial charge in [-0.3, -0.25) is 4.79 Å². The lowest BCUT2D eigenvalue weighted by Crippen LogP contribution is -2.42. The number of hydrogen-bond acceptors (Lipinski definition) is 5. The Kier molecular flexibility index (Phi) is 4.36. The predicted octanol–water partition coefficient (Wildman–Crippen LogP) is 1.91. The van der Waals surface area contributed by atoms with E-state index in [-0.39, 0.29) is 12.0 Å². The van der Waals surface area contributed by atoms with Crippen LogP contribution in [0.1, 0.15) is 23.2 Å². The van der Waals surface area contributed by atoms with Crippen LogP contribution in [0, 0.1) is 6.92 Å². The van der Waals surface area contributed by atoms with Gasteiger partial charge in [-0.25, -0.2) is 0 Å². The minimum Gasteiger partial charge on any atom is -0.471 e. The summed E-state index contributed by atoms with van der Waals surface area (Å²) in [5.41, 5.74) is 3.23. The van der Waals surface area contributed by atoms with Crippen molar-refractivity contribution in [1.29, 1.82) is 0 Å². The number of carbonyl (C=O) groups excluding carboxylic acids is 1. The summed E-state index contributed by atoms with van der Waals surface area (Å²) in [7, 11) is 0. The molecule has 0 spiro atoms. The first-order valence-electron chi connectivity index (χ1n) is 8.63. The average molecular weight is 339 g/mol. The summed E-state index contributed by atoms with van der Waals surface area (Å²) in [4.78, 5) is 14.6. The van der Waals surface area contributed by atoms with Gasteiger partial charge in [-0.05, 0) is 24.1 Å². The maximum atomic E-state index is 12.8. The third kappa shape index (κ3) is 3.49. The van der Waals surface area contributed by atoms with Gasteiger partial charge in [0, 0.05) is 25.5 Å². The van der Waals surface area contributed by atoms with Gasteiger partial charge in [0.1, 0.15) is 12.2 Å². The molecule has 6 heteroatoms. The SMILES string of the molecule is Cc1ccc(O[C@H]2CCN(C(=O)[C@H]3Cc4ccccc4CO3)C2)nn1. The predicted molar refractivity (Wildman–Crippen MR) is 91.1 cm³/mol. The highest BCUT2D eigenvalue weighted by Gasteiger charge is 2.34. The van der Waals surface area contributed by atoms with Gasteiger partial charge >= 0.3 is 0 Å². The molecule has 6 nitrogen and oxygen atoms in total. The van der Waals surface area contributed by atoms with E-state index in [0.29, 0.717) is 32.0 Å². The van der Waals surface area contributed by atoms with Gasteiger partial charge in [0.05, 0.1) is 18.8 Å². The molecular weight excluding hydrogens is 318 g/mol. The Morgan fingerprint density at radius 3 is 2.84 bits per heavy atom. The molecule has 1 aromatic heterocycles. The molecule has 4 rings (SSSR count). The molecule has 2 aromatic rings. The number of ether oxygens (including phenoxy) is 2. The molecule has 2 atom stereocenters. The molecule has 1 fully saturated rings. The van der Waals surface area contributed by atoms with Crippen LogP contribution in [0.4, 0.5) is 0 Å². The van der Waals surface area contributed by atoms with Gasteiger partial charge in [0.15, 0.2) is 0 Å². The number of benzene rings is 1. The molecule has 0 aliphatic carbocycles. The van der Waals surface area contributed by atoms with E-state index in [2.05, 4.69) is 22.3 Å². The first-order valence-corrected chi connectivity index (χ1v) is 8.63. The fourth-order valence-corrected chi connectivity index (χ4v) is 3.35. The third-order valence-corrected chi connectivity index (χ3v) is 4.76. The van der Waals surface area contributed by atoms with Crippen LogP contribution in [0.3, 0.4) is 0 Å². The normalized spacial score (nSPS) is 22.5. The maximum Gasteiger partial charge on any atom is 0.252 e. The van der Waals surface area contributed by atoms with E-state index in [1.807, 2.05) is 36.1 Å². The molecule has 2 aliphatic heterocycles. The van der Waals surface area contributed by atoms with Crippen LogP contribution in [-0.4, -0.2) is 46.3 Å². The third-order valence-electron chi connectivity index (χ3n) is 4.76. The van der Waals surface area contributed by atoms with E-state index in [1.165, 1.54) is 11.1 Å². The fraction of sp³-hybridized carbons (Fsp3) is 0.421. The zero-order valence-corrected chi connectivity index (χ0v) is 14.2. The van der Waals surface area contributed by atoms with Crippen LogP contribution in [0.2, 0.25) is 0 Å². The molecule has 1 aromatic carbocycles. The van der Waals surface area contributed by atoms with Crippen molar-refractivity contribution in [2.45, 2.75) is 38.6 Å². The topological polar surface area (TPSA) is 64.5 Å². The van der Waals surface area contributed by atoms with Crippen molar-refractivity contribution in [2.24, 2.45) is 0 Å². The van der Waals surface area contributed by atoms with E-state index >= 15 is 0 Å². The molecule has 0 N–H and O–H groups in total. The largest absolute Gasteiger partial charge is 0.471 e. The van der Waals surface area contributed by atoms with Crippen LogP contribution in [0.15, 0.2) is 36.4 Å². The van der Waals surface area contributed by atoms with Crippen molar-refractivity contribution < 1.29 is 14.3 Å². The van der Waals surface area contributed by atoms with Crippen LogP contribution in [-0.2, 0) is 22.6 Å². The lowest BCUT2D eigenvalue weighted by atomic mass is 9.98. The lowest BCUT2D eigenvalue weighted by molar-refractivity contribution is -0.144. The summed E-state index contributed by atoms with van der Waals surface area (Å²) in [6.07, 6.45) is 0.995. The highest BCUT2D eigenvalue weighted by atomic mass is 16.5. The Hall–Kier alpha value is -2.47. The number of hydrogen-bond donors (Lipinski definition) is 0. The molecule has 3 heterocycles. The Balaban J connectivity index is 1.35. The first-order chi connectivity index (χ1) is 12.2. The lowest BCUT2D eigenvalue weighted by Gasteiger charge is -2.28. The Bertz CT molecular complexity index is 763. The van der Waals surface area contributed by atoms with Crippen molar-refractivity contribution in [1.82, 2.24) is 15.1 Å². The first kappa shape index (κ1) is 16.0. The summed E-state index contributed by atoms with van der Waals surface area (Å²) in [6, 6.07) is 11.8. The van der Waals surface area contributed by atoms with Gasteiger partial charge in [0.25, 0.3) is 5.91 Å². The second-order valence-corrected chi connectivity index (χ2v) is 6.60. The van der Waals surface area contributed by atoms with Crippen LogP contribution >= 0.6 is 0 Å². The second-order valence-electron chi connectivity index (χ2n) is 6.60. The molecule has 1 saturated heterocycles. The molecule has 0 saturated carbocycles. The summed E-state index contributed by atoms with van der Waals surface area (Å²) >= 11 is 0. The quantitative estimate of drug-likeness (QED) is 0.855. The number of nitrogens with zero attached hydrogens (tertiary/aromatic N) is 3. The standard InChI is InChI=1S/C19H21N3O3/c1-13-6-7-18(21-20-13)25-16-8-9-22(11-16)19(23)17-10-14-4-2-3-5-15(14)12-24-17/h2-7,16-17H,8-12H2,1H3/t16-,17+/m0/s1. The highest BCUT2D eigenvalue weighted by molar-refractivity contribution is 5.82. The Labute approximate surface area is 146 Å². The minimum absolute atomic E-state index is 0.0446. The van der Waals surface area contributed by atoms with E-state index in [9.17, 15) is 4.79 Å². The van der Waals surface area contributed by atoms with Crippen LogP contribution < -0.4 is 4.74 Å². The zero-order chi connectivity index (χ0) is 17.2. The number of fused-ring (bicyclic) bond motifs is 1. The van der Waals surface area contributed by atoms with Crippen molar-refractivity contribution in [3.05, 3.63) is 53.2 Å². The van der Waals surface area contributed by atoms with Gasteiger partial charge in [0.2, 0.25) is 5.88 Å². The molecule has 2 aliphatic rings. The molecule has 0 unspecified atom stereocenters. The average Bonchev–Trinajstić information content (AvgIpc) is 3.11. The van der Waals surface area contributed by atoms with E-state index < -0.39 is 6.10 Å². The fourth-order valence-electron chi connectivity index (χ4n) is 3.35. The molecule has 1 amide bonds. The van der Waals surface area contributed by atoms with Crippen molar-refractivity contribution >= 4 is 5.91 Å². The van der Waals surface area contributed by atoms with Gasteiger partial charge < -0.3 is 14.4 Å². The van der Waals surface area contributed by atoms with Crippen molar-refractivity contribution in [3.8, 4) is 5.88 Å². The Morgan fingerprint density at radius 2 is 2.04 bits per heavy atom. The molecule has 25 heavy (non-hydrogen) atoms. The molecule has 130 valence electrons. The summed E-state index contributed by atoms with van der Waals surface area (Å²) < 4.78 is 11.6.